The first-order valence-corrected chi connectivity index (χ1v) is 9.55. The van der Waals surface area contributed by atoms with Gasteiger partial charge in [-0.3, -0.25) is 4.98 Å². The van der Waals surface area contributed by atoms with E-state index in [0.717, 1.165) is 16.8 Å². The molecular weight excluding hydrogens is 352 g/mol. The Morgan fingerprint density at radius 1 is 1.07 bits per heavy atom. The number of hydrogen-bond donors (Lipinski definition) is 1. The van der Waals surface area contributed by atoms with Gasteiger partial charge in [-0.25, -0.2) is 0 Å². The van der Waals surface area contributed by atoms with Crippen LogP contribution in [0.1, 0.15) is 48.8 Å². The zero-order chi connectivity index (χ0) is 21.1. The maximum Gasteiger partial charge on any atom is 0.148 e. The summed E-state index contributed by atoms with van der Waals surface area (Å²) in [6, 6.07) is 9.95. The molecule has 0 saturated heterocycles. The van der Waals surface area contributed by atoms with E-state index in [-0.39, 0.29) is 5.41 Å². The van der Waals surface area contributed by atoms with Crippen molar-refractivity contribution in [3.8, 4) is 5.75 Å². The summed E-state index contributed by atoms with van der Waals surface area (Å²) in [6.45, 7) is 9.14. The Morgan fingerprint density at radius 3 is 2.29 bits per heavy atom. The van der Waals surface area contributed by atoms with Gasteiger partial charge in [0.1, 0.15) is 11.4 Å². The molecule has 0 aliphatic heterocycles. The van der Waals surface area contributed by atoms with E-state index in [1.807, 2.05) is 50.2 Å². The van der Waals surface area contributed by atoms with Crippen molar-refractivity contribution in [2.45, 2.75) is 45.3 Å². The number of nitrogens with zero attached hydrogens (tertiary/aromatic N) is 2. The third-order valence-corrected chi connectivity index (χ3v) is 4.87. The van der Waals surface area contributed by atoms with Crippen molar-refractivity contribution in [3.63, 3.8) is 0 Å². The van der Waals surface area contributed by atoms with Gasteiger partial charge in [0.15, 0.2) is 0 Å². The second-order valence-corrected chi connectivity index (χ2v) is 8.66. The second-order valence-electron chi connectivity index (χ2n) is 8.66. The van der Waals surface area contributed by atoms with Gasteiger partial charge in [-0.1, -0.05) is 32.9 Å². The van der Waals surface area contributed by atoms with Crippen molar-refractivity contribution in [1.82, 2.24) is 9.88 Å². The first kappa shape index (κ1) is 22.3. The molecule has 0 amide bonds. The lowest BCUT2D eigenvalue weighted by molar-refractivity contribution is 0.0418. The number of likely N-dealkylation sites (N-methyl/N-ethyl adjacent to an activating group) is 1. The standard InChI is InChI=1S/C23H34N2O3/c1-16-9-10-17(14-27-7)21(24-16)23(26,15-25(5)6)19-13-18(22(2,3)4)11-12-20(19)28-8/h9-13,26H,14-15H2,1-8H3. The molecule has 0 fully saturated rings. The highest BCUT2D eigenvalue weighted by Gasteiger charge is 2.39. The lowest BCUT2D eigenvalue weighted by Crippen LogP contribution is -2.41. The third-order valence-electron chi connectivity index (χ3n) is 4.87. The monoisotopic (exact) mass is 386 g/mol. The molecule has 0 bridgehead atoms. The Balaban J connectivity index is 2.82. The molecule has 1 N–H and O–H groups in total. The van der Waals surface area contributed by atoms with E-state index in [9.17, 15) is 5.11 Å². The number of benzene rings is 1. The third kappa shape index (κ3) is 4.72. The molecule has 5 nitrogen and oxygen atoms in total. The molecule has 0 aliphatic carbocycles. The molecule has 0 radical (unpaired) electrons. The van der Waals surface area contributed by atoms with Crippen LogP contribution in [0.5, 0.6) is 5.75 Å². The van der Waals surface area contributed by atoms with E-state index in [2.05, 4.69) is 26.8 Å². The Morgan fingerprint density at radius 2 is 1.75 bits per heavy atom. The Kier molecular flexibility index (Phi) is 6.86. The van der Waals surface area contributed by atoms with Gasteiger partial charge >= 0.3 is 0 Å². The Labute approximate surface area is 169 Å². The van der Waals surface area contributed by atoms with Crippen LogP contribution in [0, 0.1) is 6.92 Å². The van der Waals surface area contributed by atoms with Crippen molar-refractivity contribution in [1.29, 1.82) is 0 Å². The highest BCUT2D eigenvalue weighted by molar-refractivity contribution is 5.48. The highest BCUT2D eigenvalue weighted by atomic mass is 16.5. The molecule has 5 heteroatoms. The predicted molar refractivity (Wildman–Crippen MR) is 113 cm³/mol. The molecule has 2 rings (SSSR count). The summed E-state index contributed by atoms with van der Waals surface area (Å²) in [6.07, 6.45) is 0. The minimum absolute atomic E-state index is 0.0601. The normalized spacial score (nSPS) is 14.2. The summed E-state index contributed by atoms with van der Waals surface area (Å²) in [5, 5.41) is 12.1. The smallest absolute Gasteiger partial charge is 0.148 e. The van der Waals surface area contributed by atoms with Crippen molar-refractivity contribution >= 4 is 0 Å². The van der Waals surface area contributed by atoms with Crippen LogP contribution in [-0.2, 0) is 22.4 Å². The van der Waals surface area contributed by atoms with E-state index in [4.69, 9.17) is 14.5 Å². The van der Waals surface area contributed by atoms with E-state index in [1.165, 1.54) is 0 Å². The van der Waals surface area contributed by atoms with Gasteiger partial charge in [0.05, 0.1) is 19.4 Å². The summed E-state index contributed by atoms with van der Waals surface area (Å²) in [7, 11) is 7.16. The van der Waals surface area contributed by atoms with Gasteiger partial charge in [-0.15, -0.1) is 0 Å². The number of aromatic nitrogens is 1. The first-order chi connectivity index (χ1) is 13.0. The van der Waals surface area contributed by atoms with Crippen LogP contribution in [0.15, 0.2) is 30.3 Å². The Bertz CT molecular complexity index is 812. The molecule has 154 valence electrons. The van der Waals surface area contributed by atoms with Gasteiger partial charge in [-0.2, -0.15) is 0 Å². The summed E-state index contributed by atoms with van der Waals surface area (Å²) in [4.78, 5) is 6.71. The lowest BCUT2D eigenvalue weighted by Gasteiger charge is -2.35. The van der Waals surface area contributed by atoms with Crippen LogP contribution in [0.2, 0.25) is 0 Å². The van der Waals surface area contributed by atoms with Gasteiger partial charge in [0.25, 0.3) is 0 Å². The number of aliphatic hydroxyl groups is 1. The highest BCUT2D eigenvalue weighted by Crippen LogP contribution is 2.39. The number of methoxy groups -OCH3 is 2. The SMILES string of the molecule is COCc1ccc(C)nc1C(O)(CN(C)C)c1cc(C(C)(C)C)ccc1OC. The average molecular weight is 387 g/mol. The molecule has 0 aliphatic rings. The maximum absolute atomic E-state index is 12.1. The number of rotatable bonds is 7. The van der Waals surface area contributed by atoms with Crippen LogP contribution in [0.4, 0.5) is 0 Å². The molecule has 1 heterocycles. The van der Waals surface area contributed by atoms with Crippen LogP contribution in [-0.4, -0.2) is 49.9 Å². The van der Waals surface area contributed by atoms with Crippen molar-refractivity contribution < 1.29 is 14.6 Å². The minimum Gasteiger partial charge on any atom is -0.496 e. The Hall–Kier alpha value is -1.95. The molecule has 1 atom stereocenters. The number of hydrogen-bond acceptors (Lipinski definition) is 5. The second kappa shape index (κ2) is 8.60. The summed E-state index contributed by atoms with van der Waals surface area (Å²) in [5.74, 6) is 0.643. The topological polar surface area (TPSA) is 54.8 Å². The largest absolute Gasteiger partial charge is 0.496 e. The molecule has 1 unspecified atom stereocenters. The minimum atomic E-state index is -1.35. The van der Waals surface area contributed by atoms with Gasteiger partial charge in [0.2, 0.25) is 0 Å². The van der Waals surface area contributed by atoms with Crippen LogP contribution in [0.25, 0.3) is 0 Å². The van der Waals surface area contributed by atoms with Crippen LogP contribution < -0.4 is 4.74 Å². The van der Waals surface area contributed by atoms with E-state index in [1.54, 1.807) is 14.2 Å². The molecule has 1 aromatic heterocycles. The molecule has 2 aromatic rings. The molecule has 0 saturated carbocycles. The van der Waals surface area contributed by atoms with E-state index < -0.39 is 5.60 Å². The summed E-state index contributed by atoms with van der Waals surface area (Å²) < 4.78 is 11.0. The number of aryl methyl sites for hydroxylation is 1. The van der Waals surface area contributed by atoms with E-state index >= 15 is 0 Å². The maximum atomic E-state index is 12.1. The van der Waals surface area contributed by atoms with Gasteiger partial charge in [0, 0.05) is 30.5 Å². The van der Waals surface area contributed by atoms with Crippen LogP contribution >= 0.6 is 0 Å². The van der Waals surface area contributed by atoms with Gasteiger partial charge in [-0.05, 0) is 50.2 Å². The molecule has 28 heavy (non-hydrogen) atoms. The quantitative estimate of drug-likeness (QED) is 0.787. The number of ether oxygens (including phenoxy) is 2. The molecule has 0 spiro atoms. The lowest BCUT2D eigenvalue weighted by atomic mass is 9.80. The van der Waals surface area contributed by atoms with Crippen molar-refractivity contribution in [2.75, 3.05) is 34.9 Å². The first-order valence-electron chi connectivity index (χ1n) is 9.55. The van der Waals surface area contributed by atoms with Gasteiger partial charge < -0.3 is 19.5 Å². The van der Waals surface area contributed by atoms with Crippen LogP contribution in [0.3, 0.4) is 0 Å². The average Bonchev–Trinajstić information content (AvgIpc) is 2.61. The summed E-state index contributed by atoms with van der Waals surface area (Å²) in [5.41, 5.74) is 2.74. The molecule has 1 aromatic carbocycles. The molecular formula is C23H34N2O3. The van der Waals surface area contributed by atoms with Crippen molar-refractivity contribution in [2.24, 2.45) is 0 Å². The fourth-order valence-electron chi connectivity index (χ4n) is 3.46. The van der Waals surface area contributed by atoms with E-state index in [0.29, 0.717) is 30.2 Å². The van der Waals surface area contributed by atoms with Crippen molar-refractivity contribution in [3.05, 3.63) is 58.4 Å². The predicted octanol–water partition coefficient (Wildman–Crippen LogP) is 3.64. The zero-order valence-electron chi connectivity index (χ0n) is 18.5. The summed E-state index contributed by atoms with van der Waals surface area (Å²) >= 11 is 0. The zero-order valence-corrected chi connectivity index (χ0v) is 18.5. The number of pyridine rings is 1. The fourth-order valence-corrected chi connectivity index (χ4v) is 3.46. The fraction of sp³-hybridized carbons (Fsp3) is 0.522.